The molecule has 17 heavy (non-hydrogen) atoms. The Morgan fingerprint density at radius 3 is 2.06 bits per heavy atom. The molecule has 1 aliphatic heterocycles. The Morgan fingerprint density at radius 2 is 1.59 bits per heavy atom. The summed E-state index contributed by atoms with van der Waals surface area (Å²) in [6, 6.07) is 9.95. The van der Waals surface area contributed by atoms with Crippen molar-refractivity contribution in [3.63, 3.8) is 0 Å². The summed E-state index contributed by atoms with van der Waals surface area (Å²) >= 11 is 0. The molecule has 0 fully saturated rings. The van der Waals surface area contributed by atoms with E-state index in [1.165, 1.54) is 0 Å². The van der Waals surface area contributed by atoms with E-state index in [1.807, 2.05) is 51.1 Å². The minimum atomic E-state index is -1.02. The van der Waals surface area contributed by atoms with Crippen molar-refractivity contribution in [1.29, 1.82) is 0 Å². The second-order valence-corrected chi connectivity index (χ2v) is 5.34. The maximum absolute atomic E-state index is 9.09. The van der Waals surface area contributed by atoms with Gasteiger partial charge in [0.1, 0.15) is 5.54 Å². The quantitative estimate of drug-likeness (QED) is 0.628. The average molecular weight is 234 g/mol. The number of hydrogen-bond acceptors (Lipinski definition) is 4. The van der Waals surface area contributed by atoms with Crippen LogP contribution in [0.1, 0.15) is 33.3 Å². The highest BCUT2D eigenvalue weighted by Crippen LogP contribution is 2.56. The Bertz CT molecular complexity index is 444. The van der Waals surface area contributed by atoms with E-state index in [0.29, 0.717) is 0 Å². The van der Waals surface area contributed by atoms with Crippen LogP contribution in [-0.4, -0.2) is 11.0 Å². The molecule has 1 N–H and O–H groups in total. The first kappa shape index (κ1) is 12.2. The summed E-state index contributed by atoms with van der Waals surface area (Å²) in [6.07, 6.45) is 0. The van der Waals surface area contributed by atoms with Gasteiger partial charge in [-0.05, 0) is 19.4 Å². The molecule has 92 valence electrons. The van der Waals surface area contributed by atoms with E-state index in [9.17, 15) is 0 Å². The van der Waals surface area contributed by atoms with E-state index in [-0.39, 0.29) is 0 Å². The summed E-state index contributed by atoms with van der Waals surface area (Å²) < 4.78 is 0. The van der Waals surface area contributed by atoms with Crippen molar-refractivity contribution in [2.24, 2.45) is 15.6 Å². The standard InChI is InChI=1S/C13H18N2O2/c1-11(2)12(3,10-8-6-5-7-9-10)14-15-13(11,4)17-16/h5-9,16H,1-4H3/t12-,13-/m1/s1. The molecule has 0 radical (unpaired) electrons. The summed E-state index contributed by atoms with van der Waals surface area (Å²) in [7, 11) is 0. The van der Waals surface area contributed by atoms with Crippen molar-refractivity contribution in [2.75, 3.05) is 0 Å². The SMILES string of the molecule is CC1(C)[C@@](C)(OO)N=N[C@]1(C)c1ccccc1. The number of benzene rings is 1. The number of hydrogen-bond donors (Lipinski definition) is 1. The zero-order chi connectivity index (χ0) is 12.7. The summed E-state index contributed by atoms with van der Waals surface area (Å²) in [5, 5.41) is 17.6. The summed E-state index contributed by atoms with van der Waals surface area (Å²) in [5.74, 6) is 0. The Hall–Kier alpha value is -1.26. The second-order valence-electron chi connectivity index (χ2n) is 5.34. The molecule has 0 unspecified atom stereocenters. The lowest BCUT2D eigenvalue weighted by molar-refractivity contribution is -0.342. The van der Waals surface area contributed by atoms with Crippen LogP contribution in [0.4, 0.5) is 0 Å². The molecule has 1 heterocycles. The van der Waals surface area contributed by atoms with Gasteiger partial charge in [0.05, 0.1) is 0 Å². The molecule has 0 aromatic heterocycles. The van der Waals surface area contributed by atoms with Gasteiger partial charge in [-0.2, -0.15) is 10.2 Å². The molecule has 1 aromatic carbocycles. The number of rotatable bonds is 2. The Morgan fingerprint density at radius 1 is 1.00 bits per heavy atom. The monoisotopic (exact) mass is 234 g/mol. The first-order valence-electron chi connectivity index (χ1n) is 5.69. The van der Waals surface area contributed by atoms with Crippen molar-refractivity contribution >= 4 is 0 Å². The van der Waals surface area contributed by atoms with E-state index in [2.05, 4.69) is 15.1 Å². The lowest BCUT2D eigenvalue weighted by Crippen LogP contribution is -2.49. The molecule has 0 spiro atoms. The van der Waals surface area contributed by atoms with Gasteiger partial charge in [0.15, 0.2) is 0 Å². The predicted molar refractivity (Wildman–Crippen MR) is 64.5 cm³/mol. The van der Waals surface area contributed by atoms with E-state index in [0.717, 1.165) is 5.56 Å². The van der Waals surface area contributed by atoms with Gasteiger partial charge in [0, 0.05) is 5.41 Å². The number of azo groups is 1. The molecule has 1 aromatic rings. The van der Waals surface area contributed by atoms with Crippen molar-refractivity contribution in [3.05, 3.63) is 35.9 Å². The van der Waals surface area contributed by atoms with Crippen molar-refractivity contribution in [3.8, 4) is 0 Å². The largest absolute Gasteiger partial charge is 0.249 e. The van der Waals surface area contributed by atoms with E-state index in [1.54, 1.807) is 6.92 Å². The van der Waals surface area contributed by atoms with E-state index >= 15 is 0 Å². The van der Waals surface area contributed by atoms with Gasteiger partial charge in [0.2, 0.25) is 5.72 Å². The maximum Gasteiger partial charge on any atom is 0.217 e. The summed E-state index contributed by atoms with van der Waals surface area (Å²) in [4.78, 5) is 4.57. The second kappa shape index (κ2) is 3.62. The van der Waals surface area contributed by atoms with Gasteiger partial charge in [-0.15, -0.1) is 0 Å². The third-order valence-corrected chi connectivity index (χ3v) is 4.33. The van der Waals surface area contributed by atoms with Crippen LogP contribution in [0.3, 0.4) is 0 Å². The van der Waals surface area contributed by atoms with Gasteiger partial charge in [0.25, 0.3) is 0 Å². The minimum absolute atomic E-state index is 0.448. The fourth-order valence-corrected chi connectivity index (χ4v) is 2.21. The Balaban J connectivity index is 2.52. The zero-order valence-corrected chi connectivity index (χ0v) is 10.6. The predicted octanol–water partition coefficient (Wildman–Crippen LogP) is 3.60. The van der Waals surface area contributed by atoms with Crippen LogP contribution >= 0.6 is 0 Å². The molecule has 0 bridgehead atoms. The summed E-state index contributed by atoms with van der Waals surface area (Å²) in [5.41, 5.74) is -0.908. The summed E-state index contributed by atoms with van der Waals surface area (Å²) in [6.45, 7) is 7.74. The molecular formula is C13H18N2O2. The maximum atomic E-state index is 9.09. The van der Waals surface area contributed by atoms with Gasteiger partial charge >= 0.3 is 0 Å². The van der Waals surface area contributed by atoms with Crippen LogP contribution in [0.25, 0.3) is 0 Å². The molecule has 4 nitrogen and oxygen atoms in total. The third-order valence-electron chi connectivity index (χ3n) is 4.33. The van der Waals surface area contributed by atoms with Crippen LogP contribution in [-0.2, 0) is 10.4 Å². The lowest BCUT2D eigenvalue weighted by atomic mass is 9.65. The normalized spacial score (nSPS) is 35.1. The van der Waals surface area contributed by atoms with E-state index in [4.69, 9.17) is 5.26 Å². The molecule has 0 amide bonds. The van der Waals surface area contributed by atoms with Crippen molar-refractivity contribution in [2.45, 2.75) is 39.0 Å². The molecule has 0 saturated heterocycles. The molecule has 0 aliphatic carbocycles. The van der Waals surface area contributed by atoms with Gasteiger partial charge < -0.3 is 0 Å². The fourth-order valence-electron chi connectivity index (χ4n) is 2.21. The van der Waals surface area contributed by atoms with E-state index < -0.39 is 16.7 Å². The zero-order valence-electron chi connectivity index (χ0n) is 10.6. The lowest BCUT2D eigenvalue weighted by Gasteiger charge is -2.41. The van der Waals surface area contributed by atoms with Crippen LogP contribution in [0.15, 0.2) is 40.6 Å². The highest BCUT2D eigenvalue weighted by atomic mass is 17.1. The van der Waals surface area contributed by atoms with Crippen molar-refractivity contribution in [1.82, 2.24) is 0 Å². The average Bonchev–Trinajstić information content (AvgIpc) is 2.53. The van der Waals surface area contributed by atoms with Crippen LogP contribution in [0.2, 0.25) is 0 Å². The van der Waals surface area contributed by atoms with Crippen LogP contribution in [0.5, 0.6) is 0 Å². The number of nitrogens with zero attached hydrogens (tertiary/aromatic N) is 2. The first-order valence-corrected chi connectivity index (χ1v) is 5.69. The molecule has 0 saturated carbocycles. The Kier molecular flexibility index (Phi) is 2.60. The van der Waals surface area contributed by atoms with Crippen molar-refractivity contribution < 1.29 is 10.1 Å². The third kappa shape index (κ3) is 1.44. The van der Waals surface area contributed by atoms with Crippen LogP contribution in [0, 0.1) is 5.41 Å². The highest BCUT2D eigenvalue weighted by molar-refractivity contribution is 5.29. The van der Waals surface area contributed by atoms with Crippen LogP contribution < -0.4 is 0 Å². The van der Waals surface area contributed by atoms with Gasteiger partial charge in [-0.1, -0.05) is 44.2 Å². The molecule has 1 aliphatic rings. The molecule has 2 rings (SSSR count). The van der Waals surface area contributed by atoms with Gasteiger partial charge in [-0.3, -0.25) is 0 Å². The van der Waals surface area contributed by atoms with Gasteiger partial charge in [-0.25, -0.2) is 10.1 Å². The molecule has 2 atom stereocenters. The first-order chi connectivity index (χ1) is 7.87. The molecular weight excluding hydrogens is 216 g/mol. The Labute approximate surface area is 101 Å². The highest BCUT2D eigenvalue weighted by Gasteiger charge is 2.60. The molecule has 4 heteroatoms. The fraction of sp³-hybridized carbons (Fsp3) is 0.538. The topological polar surface area (TPSA) is 54.2 Å². The minimum Gasteiger partial charge on any atom is -0.249 e. The smallest absolute Gasteiger partial charge is 0.217 e.